The van der Waals surface area contributed by atoms with Crippen LogP contribution in [0.2, 0.25) is 0 Å². The third-order valence-corrected chi connectivity index (χ3v) is 2.71. The van der Waals surface area contributed by atoms with Crippen molar-refractivity contribution in [3.05, 3.63) is 53.3 Å². The Morgan fingerprint density at radius 1 is 1.25 bits per heavy atom. The van der Waals surface area contributed by atoms with Crippen molar-refractivity contribution in [3.63, 3.8) is 0 Å². The molecule has 20 heavy (non-hydrogen) atoms. The summed E-state index contributed by atoms with van der Waals surface area (Å²) in [5, 5.41) is 0. The summed E-state index contributed by atoms with van der Waals surface area (Å²) in [5.41, 5.74) is 8.08. The lowest BCUT2D eigenvalue weighted by Crippen LogP contribution is -2.07. The first-order valence-electron chi connectivity index (χ1n) is 6.12. The van der Waals surface area contributed by atoms with Gasteiger partial charge in [-0.15, -0.1) is 0 Å². The van der Waals surface area contributed by atoms with Crippen molar-refractivity contribution in [3.8, 4) is 5.75 Å². The Labute approximate surface area is 117 Å². The van der Waals surface area contributed by atoms with Crippen molar-refractivity contribution in [1.82, 2.24) is 4.98 Å². The summed E-state index contributed by atoms with van der Waals surface area (Å²) in [6.45, 7) is 1.95. The fourth-order valence-corrected chi connectivity index (χ4v) is 1.74. The summed E-state index contributed by atoms with van der Waals surface area (Å²) < 4.78 is 10.4. The molecule has 5 heteroatoms. The SMILES string of the molecule is COc1cc(C)nc(COC(=O)c2ccc(N)cc2)c1. The second-order valence-corrected chi connectivity index (χ2v) is 4.34. The molecule has 0 saturated carbocycles. The quantitative estimate of drug-likeness (QED) is 0.683. The number of hydrogen-bond acceptors (Lipinski definition) is 5. The normalized spacial score (nSPS) is 10.1. The summed E-state index contributed by atoms with van der Waals surface area (Å²) in [5.74, 6) is 0.281. The van der Waals surface area contributed by atoms with Gasteiger partial charge in [0, 0.05) is 23.5 Å². The number of carbonyl (C=O) groups excluding carboxylic acids is 1. The highest BCUT2D eigenvalue weighted by Crippen LogP contribution is 2.15. The zero-order valence-corrected chi connectivity index (χ0v) is 11.4. The molecule has 0 aliphatic carbocycles. The molecule has 0 fully saturated rings. The summed E-state index contributed by atoms with van der Waals surface area (Å²) >= 11 is 0. The molecule has 5 nitrogen and oxygen atoms in total. The molecule has 1 aromatic heterocycles. The largest absolute Gasteiger partial charge is 0.497 e. The van der Waals surface area contributed by atoms with Crippen molar-refractivity contribution in [2.45, 2.75) is 13.5 Å². The van der Waals surface area contributed by atoms with Gasteiger partial charge < -0.3 is 15.2 Å². The number of anilines is 1. The molecule has 2 aromatic rings. The van der Waals surface area contributed by atoms with Gasteiger partial charge >= 0.3 is 5.97 Å². The van der Waals surface area contributed by atoms with E-state index in [0.717, 1.165) is 5.69 Å². The monoisotopic (exact) mass is 272 g/mol. The molecule has 0 amide bonds. The third kappa shape index (κ3) is 3.47. The number of hydrogen-bond donors (Lipinski definition) is 1. The molecule has 0 bridgehead atoms. The number of ether oxygens (including phenoxy) is 2. The molecule has 0 saturated heterocycles. The number of nitrogens with two attached hydrogens (primary N) is 1. The smallest absolute Gasteiger partial charge is 0.338 e. The highest BCUT2D eigenvalue weighted by molar-refractivity contribution is 5.89. The van der Waals surface area contributed by atoms with Crippen molar-refractivity contribution >= 4 is 11.7 Å². The van der Waals surface area contributed by atoms with Crippen LogP contribution in [-0.2, 0) is 11.3 Å². The van der Waals surface area contributed by atoms with E-state index in [9.17, 15) is 4.79 Å². The number of aryl methyl sites for hydroxylation is 1. The highest BCUT2D eigenvalue weighted by atomic mass is 16.5. The molecule has 0 spiro atoms. The molecule has 2 N–H and O–H groups in total. The lowest BCUT2D eigenvalue weighted by Gasteiger charge is -2.07. The van der Waals surface area contributed by atoms with Gasteiger partial charge in [-0.1, -0.05) is 0 Å². The van der Waals surface area contributed by atoms with Crippen LogP contribution < -0.4 is 10.5 Å². The van der Waals surface area contributed by atoms with E-state index in [-0.39, 0.29) is 6.61 Å². The number of methoxy groups -OCH3 is 1. The Morgan fingerprint density at radius 2 is 1.95 bits per heavy atom. The van der Waals surface area contributed by atoms with Gasteiger partial charge in [0.2, 0.25) is 0 Å². The van der Waals surface area contributed by atoms with Crippen LogP contribution in [0.3, 0.4) is 0 Å². The van der Waals surface area contributed by atoms with E-state index in [0.29, 0.717) is 22.7 Å². The van der Waals surface area contributed by atoms with Crippen molar-refractivity contribution in [1.29, 1.82) is 0 Å². The van der Waals surface area contributed by atoms with Crippen molar-refractivity contribution in [2.24, 2.45) is 0 Å². The molecule has 0 aliphatic rings. The van der Waals surface area contributed by atoms with E-state index in [1.165, 1.54) is 0 Å². The molecule has 0 aliphatic heterocycles. The zero-order valence-electron chi connectivity index (χ0n) is 11.4. The van der Waals surface area contributed by atoms with Crippen LogP contribution in [0.15, 0.2) is 36.4 Å². The summed E-state index contributed by atoms with van der Waals surface area (Å²) in [4.78, 5) is 16.1. The maximum atomic E-state index is 11.8. The second kappa shape index (κ2) is 6.06. The molecule has 0 atom stereocenters. The maximum absolute atomic E-state index is 11.8. The Kier molecular flexibility index (Phi) is 4.20. The van der Waals surface area contributed by atoms with Crippen LogP contribution >= 0.6 is 0 Å². The average molecular weight is 272 g/mol. The van der Waals surface area contributed by atoms with E-state index in [4.69, 9.17) is 15.2 Å². The van der Waals surface area contributed by atoms with Gasteiger partial charge in [-0.3, -0.25) is 4.98 Å². The molecule has 0 radical (unpaired) electrons. The third-order valence-electron chi connectivity index (χ3n) is 2.71. The molecule has 2 rings (SSSR count). The molecule has 1 aromatic carbocycles. The van der Waals surface area contributed by atoms with Crippen molar-refractivity contribution < 1.29 is 14.3 Å². The summed E-state index contributed by atoms with van der Waals surface area (Å²) in [6.07, 6.45) is 0. The standard InChI is InChI=1S/C15H16N2O3/c1-10-7-14(19-2)8-13(17-10)9-20-15(18)11-3-5-12(16)6-4-11/h3-8H,9,16H2,1-2H3. The van der Waals surface area contributed by atoms with Gasteiger partial charge in [-0.05, 0) is 31.2 Å². The number of carbonyl (C=O) groups is 1. The first-order valence-corrected chi connectivity index (χ1v) is 6.12. The molecule has 104 valence electrons. The topological polar surface area (TPSA) is 74.4 Å². The Balaban J connectivity index is 2.03. The summed E-state index contributed by atoms with van der Waals surface area (Å²) in [6, 6.07) is 10.1. The van der Waals surface area contributed by atoms with Gasteiger partial charge in [0.1, 0.15) is 12.4 Å². The summed E-state index contributed by atoms with van der Waals surface area (Å²) in [7, 11) is 1.58. The van der Waals surface area contributed by atoms with Gasteiger partial charge in [-0.25, -0.2) is 4.79 Å². The van der Waals surface area contributed by atoms with Gasteiger partial charge in [0.25, 0.3) is 0 Å². The lowest BCUT2D eigenvalue weighted by molar-refractivity contribution is 0.0467. The number of aromatic nitrogens is 1. The molecular weight excluding hydrogens is 256 g/mol. The average Bonchev–Trinajstić information content (AvgIpc) is 2.45. The number of benzene rings is 1. The van der Waals surface area contributed by atoms with Crippen LogP contribution in [0.1, 0.15) is 21.7 Å². The number of nitrogens with zero attached hydrogens (tertiary/aromatic N) is 1. The molecule has 1 heterocycles. The lowest BCUT2D eigenvalue weighted by atomic mass is 10.2. The van der Waals surface area contributed by atoms with Gasteiger partial charge in [0.05, 0.1) is 18.4 Å². The molecule has 0 unspecified atom stereocenters. The van der Waals surface area contributed by atoms with E-state index >= 15 is 0 Å². The minimum absolute atomic E-state index is 0.0985. The second-order valence-electron chi connectivity index (χ2n) is 4.34. The van der Waals surface area contributed by atoms with Crippen LogP contribution in [0.5, 0.6) is 5.75 Å². The highest BCUT2D eigenvalue weighted by Gasteiger charge is 2.08. The Morgan fingerprint density at radius 3 is 2.60 bits per heavy atom. The number of nitrogen functional groups attached to an aromatic ring is 1. The molecular formula is C15H16N2O3. The predicted octanol–water partition coefficient (Wildman–Crippen LogP) is 2.34. The number of rotatable bonds is 4. The first-order chi connectivity index (χ1) is 9.58. The predicted molar refractivity (Wildman–Crippen MR) is 75.5 cm³/mol. The fourth-order valence-electron chi connectivity index (χ4n) is 1.74. The van der Waals surface area contributed by atoms with Crippen LogP contribution in [0.4, 0.5) is 5.69 Å². The number of pyridine rings is 1. The Bertz CT molecular complexity index is 609. The van der Waals surface area contributed by atoms with E-state index < -0.39 is 5.97 Å². The van der Waals surface area contributed by atoms with E-state index in [1.807, 2.05) is 13.0 Å². The van der Waals surface area contributed by atoms with E-state index in [2.05, 4.69) is 4.98 Å². The van der Waals surface area contributed by atoms with Crippen LogP contribution in [0.25, 0.3) is 0 Å². The fraction of sp³-hybridized carbons (Fsp3) is 0.200. The zero-order chi connectivity index (χ0) is 14.5. The van der Waals surface area contributed by atoms with Gasteiger partial charge in [-0.2, -0.15) is 0 Å². The van der Waals surface area contributed by atoms with Crippen molar-refractivity contribution in [2.75, 3.05) is 12.8 Å². The number of esters is 1. The minimum atomic E-state index is -0.410. The Hall–Kier alpha value is -2.56. The van der Waals surface area contributed by atoms with E-state index in [1.54, 1.807) is 37.4 Å². The first kappa shape index (κ1) is 13.9. The van der Waals surface area contributed by atoms with Gasteiger partial charge in [0.15, 0.2) is 0 Å². The van der Waals surface area contributed by atoms with Crippen LogP contribution in [0, 0.1) is 6.92 Å². The minimum Gasteiger partial charge on any atom is -0.497 e. The maximum Gasteiger partial charge on any atom is 0.338 e. The van der Waals surface area contributed by atoms with Crippen LogP contribution in [-0.4, -0.2) is 18.1 Å².